The Labute approximate surface area is 142 Å². The lowest BCUT2D eigenvalue weighted by atomic mass is 9.91. The summed E-state index contributed by atoms with van der Waals surface area (Å²) in [7, 11) is -2.04. The Balaban J connectivity index is 2.14. The fourth-order valence-corrected chi connectivity index (χ4v) is 3.80. The molecule has 0 aliphatic carbocycles. The fraction of sp³-hybridized carbons (Fsp3) is 0.333. The van der Waals surface area contributed by atoms with Gasteiger partial charge in [0, 0.05) is 13.7 Å². The van der Waals surface area contributed by atoms with Gasteiger partial charge in [-0.25, -0.2) is 17.5 Å². The SMILES string of the molecule is CC[C@@](CNS(=O)(=O)Cc1cccc(F)c1)(OC)c1ccccc1. The van der Waals surface area contributed by atoms with Gasteiger partial charge in [-0.3, -0.25) is 0 Å². The van der Waals surface area contributed by atoms with Crippen molar-refractivity contribution in [1.29, 1.82) is 0 Å². The highest BCUT2D eigenvalue weighted by Crippen LogP contribution is 2.28. The first-order valence-corrected chi connectivity index (χ1v) is 9.38. The van der Waals surface area contributed by atoms with E-state index in [0.29, 0.717) is 12.0 Å². The average molecular weight is 351 g/mol. The predicted octanol–water partition coefficient (Wildman–Crippen LogP) is 3.20. The van der Waals surface area contributed by atoms with Gasteiger partial charge in [0.2, 0.25) is 10.0 Å². The lowest BCUT2D eigenvalue weighted by molar-refractivity contribution is -0.0133. The highest BCUT2D eigenvalue weighted by molar-refractivity contribution is 7.88. The van der Waals surface area contributed by atoms with E-state index in [-0.39, 0.29) is 12.3 Å². The summed E-state index contributed by atoms with van der Waals surface area (Å²) >= 11 is 0. The molecule has 0 amide bonds. The second-order valence-corrected chi connectivity index (χ2v) is 7.43. The van der Waals surface area contributed by atoms with Crippen LogP contribution in [0.15, 0.2) is 54.6 Å². The van der Waals surface area contributed by atoms with Gasteiger partial charge in [0.1, 0.15) is 11.4 Å². The standard InChI is InChI=1S/C18H22FNO3S/c1-3-18(23-2,16-9-5-4-6-10-16)14-20-24(21,22)13-15-8-7-11-17(19)12-15/h4-12,20H,3,13-14H2,1-2H3/t18-/m0/s1. The van der Waals surface area contributed by atoms with Gasteiger partial charge in [-0.15, -0.1) is 0 Å². The predicted molar refractivity (Wildman–Crippen MR) is 92.4 cm³/mol. The molecule has 0 aromatic heterocycles. The maximum atomic E-state index is 13.2. The molecule has 2 aromatic rings. The molecule has 130 valence electrons. The van der Waals surface area contributed by atoms with Crippen LogP contribution in [0.2, 0.25) is 0 Å². The molecule has 2 aromatic carbocycles. The zero-order chi connectivity index (χ0) is 17.6. The minimum absolute atomic E-state index is 0.113. The normalized spacial score (nSPS) is 14.3. The molecule has 0 bridgehead atoms. The lowest BCUT2D eigenvalue weighted by Gasteiger charge is -2.32. The molecule has 0 spiro atoms. The van der Waals surface area contributed by atoms with Crippen LogP contribution in [0, 0.1) is 5.82 Å². The number of methoxy groups -OCH3 is 1. The molecule has 2 rings (SSSR count). The quantitative estimate of drug-likeness (QED) is 0.795. The number of hydrogen-bond donors (Lipinski definition) is 1. The third-order valence-corrected chi connectivity index (χ3v) is 5.38. The topological polar surface area (TPSA) is 55.4 Å². The first-order valence-electron chi connectivity index (χ1n) is 7.73. The largest absolute Gasteiger partial charge is 0.372 e. The van der Waals surface area contributed by atoms with Crippen molar-refractivity contribution < 1.29 is 17.5 Å². The minimum Gasteiger partial charge on any atom is -0.372 e. The molecule has 1 N–H and O–H groups in total. The van der Waals surface area contributed by atoms with Crippen LogP contribution in [-0.4, -0.2) is 22.1 Å². The van der Waals surface area contributed by atoms with Crippen LogP contribution in [0.5, 0.6) is 0 Å². The van der Waals surface area contributed by atoms with Gasteiger partial charge >= 0.3 is 0 Å². The Bertz CT molecular complexity index is 759. The fourth-order valence-electron chi connectivity index (χ4n) is 2.63. The van der Waals surface area contributed by atoms with E-state index in [1.807, 2.05) is 37.3 Å². The lowest BCUT2D eigenvalue weighted by Crippen LogP contribution is -2.42. The van der Waals surface area contributed by atoms with Gasteiger partial charge in [-0.1, -0.05) is 49.4 Å². The maximum Gasteiger partial charge on any atom is 0.215 e. The van der Waals surface area contributed by atoms with Crippen molar-refractivity contribution in [3.8, 4) is 0 Å². The molecule has 0 saturated carbocycles. The van der Waals surface area contributed by atoms with Gasteiger partial charge in [0.05, 0.1) is 5.75 Å². The molecule has 0 heterocycles. The molecular weight excluding hydrogens is 329 g/mol. The van der Waals surface area contributed by atoms with Gasteiger partial charge < -0.3 is 4.74 Å². The van der Waals surface area contributed by atoms with Crippen molar-refractivity contribution in [3.63, 3.8) is 0 Å². The molecule has 0 radical (unpaired) electrons. The second kappa shape index (κ2) is 7.88. The van der Waals surface area contributed by atoms with Crippen molar-refractivity contribution in [1.82, 2.24) is 4.72 Å². The molecule has 1 atom stereocenters. The number of benzene rings is 2. The summed E-state index contributed by atoms with van der Waals surface area (Å²) in [4.78, 5) is 0. The van der Waals surface area contributed by atoms with Crippen LogP contribution in [0.25, 0.3) is 0 Å². The molecule has 0 unspecified atom stereocenters. The number of ether oxygens (including phenoxy) is 1. The molecule has 6 heteroatoms. The zero-order valence-corrected chi connectivity index (χ0v) is 14.6. The van der Waals surface area contributed by atoms with E-state index in [2.05, 4.69) is 4.72 Å². The van der Waals surface area contributed by atoms with Crippen LogP contribution >= 0.6 is 0 Å². The van der Waals surface area contributed by atoms with E-state index in [1.54, 1.807) is 13.2 Å². The van der Waals surface area contributed by atoms with Crippen molar-refractivity contribution >= 4 is 10.0 Å². The first kappa shape index (κ1) is 18.6. The van der Waals surface area contributed by atoms with Gasteiger partial charge in [-0.05, 0) is 29.7 Å². The highest BCUT2D eigenvalue weighted by atomic mass is 32.2. The Morgan fingerprint density at radius 2 is 1.83 bits per heavy atom. The highest BCUT2D eigenvalue weighted by Gasteiger charge is 2.31. The van der Waals surface area contributed by atoms with Gasteiger partial charge in [0.15, 0.2) is 0 Å². The molecule has 24 heavy (non-hydrogen) atoms. The average Bonchev–Trinajstić information content (AvgIpc) is 2.57. The van der Waals surface area contributed by atoms with Crippen LogP contribution < -0.4 is 4.72 Å². The van der Waals surface area contributed by atoms with Crippen molar-refractivity contribution in [2.24, 2.45) is 0 Å². The zero-order valence-electron chi connectivity index (χ0n) is 13.8. The number of sulfonamides is 1. The molecule has 0 aliphatic rings. The molecule has 0 fully saturated rings. The second-order valence-electron chi connectivity index (χ2n) is 5.63. The van der Waals surface area contributed by atoms with Crippen LogP contribution in [0.3, 0.4) is 0 Å². The van der Waals surface area contributed by atoms with Gasteiger partial charge in [0.25, 0.3) is 0 Å². The summed E-state index contributed by atoms with van der Waals surface area (Å²) < 4.78 is 46.1. The van der Waals surface area contributed by atoms with Crippen LogP contribution in [0.1, 0.15) is 24.5 Å². The number of halogens is 1. The smallest absolute Gasteiger partial charge is 0.215 e. The summed E-state index contributed by atoms with van der Waals surface area (Å²) in [5.41, 5.74) is 0.571. The van der Waals surface area contributed by atoms with E-state index in [4.69, 9.17) is 4.74 Å². The number of hydrogen-bond acceptors (Lipinski definition) is 3. The van der Waals surface area contributed by atoms with E-state index < -0.39 is 21.4 Å². The summed E-state index contributed by atoms with van der Waals surface area (Å²) in [5.74, 6) is -0.727. The molecule has 0 saturated heterocycles. The Hall–Kier alpha value is -1.76. The third-order valence-electron chi connectivity index (χ3n) is 4.09. The summed E-state index contributed by atoms with van der Waals surface area (Å²) in [6.45, 7) is 2.05. The molecule has 0 aliphatic heterocycles. The van der Waals surface area contributed by atoms with E-state index >= 15 is 0 Å². The Morgan fingerprint density at radius 3 is 2.42 bits per heavy atom. The summed E-state index contributed by atoms with van der Waals surface area (Å²) in [6.07, 6.45) is 0.607. The minimum atomic E-state index is -3.61. The maximum absolute atomic E-state index is 13.2. The summed E-state index contributed by atoms with van der Waals surface area (Å²) in [5, 5.41) is 0. The van der Waals surface area contributed by atoms with Crippen molar-refractivity contribution in [3.05, 3.63) is 71.5 Å². The van der Waals surface area contributed by atoms with E-state index in [1.165, 1.54) is 18.2 Å². The first-order chi connectivity index (χ1) is 11.4. The number of nitrogens with one attached hydrogen (secondary N) is 1. The van der Waals surface area contributed by atoms with Crippen molar-refractivity contribution in [2.75, 3.05) is 13.7 Å². The van der Waals surface area contributed by atoms with Crippen molar-refractivity contribution in [2.45, 2.75) is 24.7 Å². The third kappa shape index (κ3) is 4.63. The van der Waals surface area contributed by atoms with E-state index in [9.17, 15) is 12.8 Å². The monoisotopic (exact) mass is 351 g/mol. The Morgan fingerprint density at radius 1 is 1.12 bits per heavy atom. The van der Waals surface area contributed by atoms with E-state index in [0.717, 1.165) is 5.56 Å². The van der Waals surface area contributed by atoms with Crippen LogP contribution in [-0.2, 0) is 26.1 Å². The molecule has 4 nitrogen and oxygen atoms in total. The number of rotatable bonds is 8. The molecular formula is C18H22FNO3S. The van der Waals surface area contributed by atoms with Crippen LogP contribution in [0.4, 0.5) is 4.39 Å². The Kier molecular flexibility index (Phi) is 6.10. The summed E-state index contributed by atoms with van der Waals surface area (Å²) in [6, 6.07) is 15.1. The van der Waals surface area contributed by atoms with Gasteiger partial charge in [-0.2, -0.15) is 0 Å².